The van der Waals surface area contributed by atoms with Crippen molar-refractivity contribution in [3.05, 3.63) is 112 Å². The maximum atomic E-state index is 3.67. The van der Waals surface area contributed by atoms with Gasteiger partial charge in [0.25, 0.3) is 0 Å². The molecule has 6 rings (SSSR count). The second-order valence-corrected chi connectivity index (χ2v) is 4.56. The molecule has 6 N–H and O–H groups in total. The molecular weight excluding hydrogens is 384 g/mol. The largest absolute Gasteiger partial charge is 0.351 e. The van der Waals surface area contributed by atoms with Crippen LogP contribution in [0.2, 0.25) is 0 Å². The summed E-state index contributed by atoms with van der Waals surface area (Å²) in [6.45, 7) is 0. The van der Waals surface area contributed by atoms with E-state index in [-0.39, 0.29) is 0 Å². The average molecular weight is 408 g/mol. The minimum atomic E-state index is 1.62. The number of aromatic nitrogens is 12. The van der Waals surface area contributed by atoms with Crippen LogP contribution in [0.3, 0.4) is 0 Å². The summed E-state index contributed by atoms with van der Waals surface area (Å²) in [5, 5.41) is 0. The summed E-state index contributed by atoms with van der Waals surface area (Å²) in [6.07, 6.45) is 30.5. The van der Waals surface area contributed by atoms with Crippen molar-refractivity contribution in [1.82, 2.24) is 59.8 Å². The zero-order valence-corrected chi connectivity index (χ0v) is 16.1. The molecule has 0 bridgehead atoms. The lowest BCUT2D eigenvalue weighted by molar-refractivity contribution is 1.31. The van der Waals surface area contributed by atoms with Gasteiger partial charge in [-0.1, -0.05) is 0 Å². The van der Waals surface area contributed by atoms with E-state index in [4.69, 9.17) is 0 Å². The van der Waals surface area contributed by atoms with E-state index in [0.717, 1.165) is 0 Å². The molecule has 0 spiro atoms. The summed E-state index contributed by atoms with van der Waals surface area (Å²) < 4.78 is 0. The number of hydrogen-bond donors (Lipinski definition) is 6. The smallest absolute Gasteiger partial charge is 0.0919 e. The second-order valence-electron chi connectivity index (χ2n) is 4.56. The molecule has 12 heteroatoms. The van der Waals surface area contributed by atoms with Crippen molar-refractivity contribution < 1.29 is 0 Å². The topological polar surface area (TPSA) is 172 Å². The first-order valence-electron chi connectivity index (χ1n) is 8.56. The molecule has 0 unspecified atom stereocenters. The van der Waals surface area contributed by atoms with Crippen LogP contribution >= 0.6 is 0 Å². The highest BCUT2D eigenvalue weighted by Gasteiger charge is 1.58. The molecule has 30 heavy (non-hydrogen) atoms. The van der Waals surface area contributed by atoms with Crippen molar-refractivity contribution in [3.63, 3.8) is 0 Å². The fraction of sp³-hybridized carbons (Fsp3) is 0. The highest BCUT2D eigenvalue weighted by Crippen LogP contribution is 1.65. The molecule has 0 aliphatic rings. The zero-order valence-electron chi connectivity index (χ0n) is 16.1. The fourth-order valence-corrected chi connectivity index (χ4v) is 1.29. The van der Waals surface area contributed by atoms with E-state index in [1.807, 2.05) is 0 Å². The first kappa shape index (κ1) is 23.3. The Morgan fingerprint density at radius 3 is 0.467 bits per heavy atom. The Labute approximate surface area is 172 Å². The number of aromatic amines is 6. The van der Waals surface area contributed by atoms with Crippen molar-refractivity contribution in [2.75, 3.05) is 0 Å². The molecule has 0 aromatic carbocycles. The third-order valence-corrected chi connectivity index (χ3v) is 2.44. The Morgan fingerprint density at radius 2 is 0.433 bits per heavy atom. The Balaban J connectivity index is 0.000000180. The van der Waals surface area contributed by atoms with Gasteiger partial charge in [0, 0.05) is 74.4 Å². The van der Waals surface area contributed by atoms with E-state index < -0.39 is 0 Å². The summed E-state index contributed by atoms with van der Waals surface area (Å²) in [5.41, 5.74) is 0. The molecule has 12 nitrogen and oxygen atoms in total. The van der Waals surface area contributed by atoms with Gasteiger partial charge >= 0.3 is 0 Å². The van der Waals surface area contributed by atoms with Gasteiger partial charge < -0.3 is 29.9 Å². The molecule has 0 saturated carbocycles. The van der Waals surface area contributed by atoms with Crippen LogP contribution < -0.4 is 0 Å². The van der Waals surface area contributed by atoms with E-state index in [1.54, 1.807) is 112 Å². The van der Waals surface area contributed by atoms with Gasteiger partial charge in [-0.05, 0) is 0 Å². The van der Waals surface area contributed by atoms with Crippen LogP contribution in [0, 0.1) is 0 Å². The third kappa shape index (κ3) is 18.1. The van der Waals surface area contributed by atoms with Crippen LogP contribution in [0.4, 0.5) is 0 Å². The maximum absolute atomic E-state index is 3.67. The van der Waals surface area contributed by atoms with E-state index in [0.29, 0.717) is 0 Å². The van der Waals surface area contributed by atoms with E-state index in [2.05, 4.69) is 59.8 Å². The van der Waals surface area contributed by atoms with Gasteiger partial charge in [-0.15, -0.1) is 0 Å². The van der Waals surface area contributed by atoms with Gasteiger partial charge in [0.1, 0.15) is 0 Å². The number of nitrogens with zero attached hydrogens (tertiary/aromatic N) is 6. The van der Waals surface area contributed by atoms with E-state index >= 15 is 0 Å². The van der Waals surface area contributed by atoms with Crippen LogP contribution in [0.1, 0.15) is 0 Å². The van der Waals surface area contributed by atoms with Gasteiger partial charge in [0.15, 0.2) is 0 Å². The molecule has 0 radical (unpaired) electrons. The van der Waals surface area contributed by atoms with Crippen molar-refractivity contribution in [1.29, 1.82) is 0 Å². The molecular formula is C18H24N12. The van der Waals surface area contributed by atoms with Crippen LogP contribution in [0.25, 0.3) is 0 Å². The van der Waals surface area contributed by atoms with Crippen LogP contribution in [0.15, 0.2) is 112 Å². The van der Waals surface area contributed by atoms with Gasteiger partial charge in [0.05, 0.1) is 38.0 Å². The fourth-order valence-electron chi connectivity index (χ4n) is 1.29. The lowest BCUT2D eigenvalue weighted by Crippen LogP contribution is -1.44. The third-order valence-electron chi connectivity index (χ3n) is 2.44. The minimum absolute atomic E-state index is 1.62. The Hall–Kier alpha value is -4.74. The SMILES string of the molecule is c1c[nH]cn1.c1c[nH]cn1.c1c[nH]cn1.c1c[nH]cn1.c1c[nH]cn1.c1c[nH]cn1. The molecule has 0 atom stereocenters. The molecule has 0 fully saturated rings. The van der Waals surface area contributed by atoms with Gasteiger partial charge in [-0.2, -0.15) is 0 Å². The molecule has 0 saturated heterocycles. The number of imidazole rings is 6. The molecule has 0 aliphatic heterocycles. The Morgan fingerprint density at radius 1 is 0.267 bits per heavy atom. The lowest BCUT2D eigenvalue weighted by atomic mass is 11.0. The van der Waals surface area contributed by atoms with E-state index in [1.165, 1.54) is 0 Å². The summed E-state index contributed by atoms with van der Waals surface area (Å²) >= 11 is 0. The predicted molar refractivity (Wildman–Crippen MR) is 112 cm³/mol. The monoisotopic (exact) mass is 408 g/mol. The molecule has 0 amide bonds. The van der Waals surface area contributed by atoms with E-state index in [9.17, 15) is 0 Å². The normalized spacial score (nSPS) is 8.00. The number of nitrogens with one attached hydrogen (secondary N) is 6. The van der Waals surface area contributed by atoms with Crippen LogP contribution in [-0.2, 0) is 0 Å². The molecule has 6 aromatic heterocycles. The van der Waals surface area contributed by atoms with Gasteiger partial charge in [-0.25, -0.2) is 29.9 Å². The van der Waals surface area contributed by atoms with Crippen LogP contribution in [0.5, 0.6) is 0 Å². The van der Waals surface area contributed by atoms with Crippen molar-refractivity contribution in [3.8, 4) is 0 Å². The minimum Gasteiger partial charge on any atom is -0.351 e. The Kier molecular flexibility index (Phi) is 16.0. The summed E-state index contributed by atoms with van der Waals surface area (Å²) in [7, 11) is 0. The summed E-state index contributed by atoms with van der Waals surface area (Å²) in [4.78, 5) is 38.5. The quantitative estimate of drug-likeness (QED) is 0.225. The molecule has 6 aromatic rings. The number of H-pyrrole nitrogens is 6. The first-order valence-corrected chi connectivity index (χ1v) is 8.56. The van der Waals surface area contributed by atoms with Gasteiger partial charge in [0.2, 0.25) is 0 Å². The molecule has 0 aliphatic carbocycles. The van der Waals surface area contributed by atoms with Crippen LogP contribution in [-0.4, -0.2) is 59.8 Å². The van der Waals surface area contributed by atoms with Gasteiger partial charge in [-0.3, -0.25) is 0 Å². The lowest BCUT2D eigenvalue weighted by Gasteiger charge is -1.46. The highest BCUT2D eigenvalue weighted by molar-refractivity contribution is 4.67. The molecule has 156 valence electrons. The Bertz CT molecular complexity index is 572. The average Bonchev–Trinajstić information content (AvgIpc) is 3.69. The number of rotatable bonds is 0. The zero-order chi connectivity index (χ0) is 21.2. The maximum Gasteiger partial charge on any atom is 0.0919 e. The predicted octanol–water partition coefficient (Wildman–Crippen LogP) is 2.46. The highest BCUT2D eigenvalue weighted by atomic mass is 14.8. The van der Waals surface area contributed by atoms with Crippen molar-refractivity contribution in [2.24, 2.45) is 0 Å². The number of hydrogen-bond acceptors (Lipinski definition) is 6. The van der Waals surface area contributed by atoms with Crippen molar-refractivity contribution in [2.45, 2.75) is 0 Å². The summed E-state index contributed by atoms with van der Waals surface area (Å²) in [6, 6.07) is 0. The molecule has 6 heterocycles. The first-order chi connectivity index (χ1) is 15.0. The van der Waals surface area contributed by atoms with Crippen molar-refractivity contribution >= 4 is 0 Å². The summed E-state index contributed by atoms with van der Waals surface area (Å²) in [5.74, 6) is 0. The second kappa shape index (κ2) is 20.6. The standard InChI is InChI=1S/6C3H4N2/c6*1-2-5-3-4-1/h6*1-3H,(H,4,5).